The first-order chi connectivity index (χ1) is 13.4. The molecule has 28 heavy (non-hydrogen) atoms. The second kappa shape index (κ2) is 9.15. The molecular weight excluding hydrogens is 412 g/mol. The Morgan fingerprint density at radius 2 is 2.00 bits per heavy atom. The van der Waals surface area contributed by atoms with Crippen molar-refractivity contribution in [2.24, 2.45) is 0 Å². The molecule has 3 rings (SSSR count). The third-order valence-corrected chi connectivity index (χ3v) is 7.11. The molecule has 10 heteroatoms. The number of carbonyl (C=O) groups is 1. The lowest BCUT2D eigenvalue weighted by Crippen LogP contribution is -2.15. The number of hydrogen-bond acceptors (Lipinski definition) is 8. The Balaban J connectivity index is 1.75. The Hall–Kier alpha value is -1.78. The summed E-state index contributed by atoms with van der Waals surface area (Å²) in [4.78, 5) is 13.6. The summed E-state index contributed by atoms with van der Waals surface area (Å²) >= 11 is 4.53. The fraction of sp³-hybridized carbons (Fsp3) is 0.500. The molecule has 0 unspecified atom stereocenters. The van der Waals surface area contributed by atoms with Crippen LogP contribution < -0.4 is 5.32 Å². The summed E-state index contributed by atoms with van der Waals surface area (Å²) in [6.45, 7) is 10.5. The van der Waals surface area contributed by atoms with E-state index in [1.807, 2.05) is 6.92 Å². The number of thioether (sulfide) groups is 1. The second-order valence-electron chi connectivity index (χ2n) is 6.50. The largest absolute Gasteiger partial charge is 0.300 e. The zero-order valence-corrected chi connectivity index (χ0v) is 19.1. The highest BCUT2D eigenvalue weighted by Crippen LogP contribution is 2.34. The van der Waals surface area contributed by atoms with Crippen LogP contribution in [0.15, 0.2) is 10.5 Å². The van der Waals surface area contributed by atoms with Crippen LogP contribution in [0.4, 0.5) is 5.13 Å². The van der Waals surface area contributed by atoms with Gasteiger partial charge < -0.3 is 0 Å². The lowest BCUT2D eigenvalue weighted by atomic mass is 10.1. The second-order valence-corrected chi connectivity index (χ2v) is 9.59. The van der Waals surface area contributed by atoms with Gasteiger partial charge in [-0.15, -0.1) is 31.7 Å². The van der Waals surface area contributed by atoms with E-state index >= 15 is 0 Å². The molecule has 1 N–H and O–H groups in total. The molecule has 150 valence electrons. The van der Waals surface area contributed by atoms with Gasteiger partial charge in [0.05, 0.1) is 5.75 Å². The van der Waals surface area contributed by atoms with E-state index in [1.54, 1.807) is 11.3 Å². The highest BCUT2D eigenvalue weighted by atomic mass is 32.2. The average molecular weight is 437 g/mol. The van der Waals surface area contributed by atoms with Crippen LogP contribution >= 0.6 is 34.4 Å². The molecule has 0 atom stereocenters. The van der Waals surface area contributed by atoms with Gasteiger partial charge in [0.1, 0.15) is 5.01 Å². The normalized spacial score (nSPS) is 11.4. The van der Waals surface area contributed by atoms with Gasteiger partial charge >= 0.3 is 0 Å². The van der Waals surface area contributed by atoms with Gasteiger partial charge in [0.25, 0.3) is 0 Å². The van der Waals surface area contributed by atoms with Crippen LogP contribution in [-0.4, -0.2) is 36.6 Å². The van der Waals surface area contributed by atoms with Crippen LogP contribution in [0, 0.1) is 6.92 Å². The van der Waals surface area contributed by atoms with Crippen molar-refractivity contribution in [3.05, 3.63) is 20.8 Å². The molecule has 3 aromatic rings. The number of hydrogen-bond donors (Lipinski definition) is 1. The zero-order valence-electron chi connectivity index (χ0n) is 16.6. The van der Waals surface area contributed by atoms with E-state index in [0.29, 0.717) is 5.13 Å². The molecule has 0 aliphatic heterocycles. The summed E-state index contributed by atoms with van der Waals surface area (Å²) in [5.41, 5.74) is 2.46. The molecule has 0 saturated carbocycles. The smallest absolute Gasteiger partial charge is 0.236 e. The van der Waals surface area contributed by atoms with Crippen LogP contribution in [0.2, 0.25) is 0 Å². The van der Waals surface area contributed by atoms with Gasteiger partial charge in [-0.2, -0.15) is 0 Å². The molecule has 3 aromatic heterocycles. The SMILES string of the molecule is CCc1nnc(NC(=O)CSc2nnc(-c3csc(C)c3CC)n2C(C)C)s1. The number of nitrogens with one attached hydrogen (secondary N) is 1. The summed E-state index contributed by atoms with van der Waals surface area (Å²) < 4.78 is 2.11. The quantitative estimate of drug-likeness (QED) is 0.519. The van der Waals surface area contributed by atoms with Crippen molar-refractivity contribution in [3.8, 4) is 11.4 Å². The van der Waals surface area contributed by atoms with Crippen molar-refractivity contribution < 1.29 is 4.79 Å². The standard InChI is InChI=1S/C18H24N6OS3/c1-6-12-11(5)26-8-13(12)16-21-23-18(24(16)10(3)4)27-9-14(25)19-17-22-20-15(7-2)28-17/h8,10H,6-7,9H2,1-5H3,(H,19,22,25). The molecule has 0 aliphatic carbocycles. The van der Waals surface area contributed by atoms with Crippen LogP contribution in [0.3, 0.4) is 0 Å². The Bertz CT molecular complexity index is 959. The molecule has 0 aromatic carbocycles. The van der Waals surface area contributed by atoms with Crippen LogP contribution in [0.25, 0.3) is 11.4 Å². The molecule has 0 bridgehead atoms. The third-order valence-electron chi connectivity index (χ3n) is 4.23. The van der Waals surface area contributed by atoms with E-state index in [1.165, 1.54) is 33.5 Å². The van der Waals surface area contributed by atoms with Gasteiger partial charge in [-0.05, 0) is 39.2 Å². The number of nitrogens with zero attached hydrogens (tertiary/aromatic N) is 5. The molecule has 0 radical (unpaired) electrons. The van der Waals surface area contributed by atoms with Crippen molar-refractivity contribution in [1.82, 2.24) is 25.0 Å². The van der Waals surface area contributed by atoms with Gasteiger partial charge in [-0.3, -0.25) is 14.7 Å². The van der Waals surface area contributed by atoms with E-state index in [2.05, 4.69) is 63.4 Å². The highest BCUT2D eigenvalue weighted by molar-refractivity contribution is 7.99. The highest BCUT2D eigenvalue weighted by Gasteiger charge is 2.21. The zero-order chi connectivity index (χ0) is 20.3. The van der Waals surface area contributed by atoms with Crippen LogP contribution in [0.1, 0.15) is 49.2 Å². The first kappa shape index (κ1) is 20.9. The van der Waals surface area contributed by atoms with Crippen molar-refractivity contribution in [1.29, 1.82) is 0 Å². The number of carbonyl (C=O) groups excluding carboxylic acids is 1. The summed E-state index contributed by atoms with van der Waals surface area (Å²) in [5, 5.41) is 24.0. The number of rotatable bonds is 8. The van der Waals surface area contributed by atoms with Crippen LogP contribution in [-0.2, 0) is 17.6 Å². The molecule has 7 nitrogen and oxygen atoms in total. The minimum Gasteiger partial charge on any atom is -0.300 e. The summed E-state index contributed by atoms with van der Waals surface area (Å²) in [7, 11) is 0. The fourth-order valence-electron chi connectivity index (χ4n) is 2.86. The summed E-state index contributed by atoms with van der Waals surface area (Å²) in [6.07, 6.45) is 1.77. The molecule has 1 amide bonds. The van der Waals surface area contributed by atoms with E-state index in [0.717, 1.165) is 34.4 Å². The Morgan fingerprint density at radius 3 is 2.64 bits per heavy atom. The van der Waals surface area contributed by atoms with E-state index < -0.39 is 0 Å². The van der Waals surface area contributed by atoms with Crippen molar-refractivity contribution in [3.63, 3.8) is 0 Å². The van der Waals surface area contributed by atoms with Crippen LogP contribution in [0.5, 0.6) is 0 Å². The maximum Gasteiger partial charge on any atom is 0.236 e. The molecule has 0 aliphatic rings. The molecule has 3 heterocycles. The predicted molar refractivity (Wildman–Crippen MR) is 116 cm³/mol. The monoisotopic (exact) mass is 436 g/mol. The molecular formula is C18H24N6OS3. The maximum atomic E-state index is 12.3. The minimum atomic E-state index is -0.121. The number of aromatic nitrogens is 5. The van der Waals surface area contributed by atoms with Gasteiger partial charge in [-0.25, -0.2) is 0 Å². The van der Waals surface area contributed by atoms with Crippen molar-refractivity contribution in [2.75, 3.05) is 11.1 Å². The van der Waals surface area contributed by atoms with Crippen molar-refractivity contribution in [2.45, 2.75) is 58.7 Å². The number of aryl methyl sites for hydroxylation is 2. The first-order valence-electron chi connectivity index (χ1n) is 9.21. The topological polar surface area (TPSA) is 85.6 Å². The Kier molecular flexibility index (Phi) is 6.84. The first-order valence-corrected chi connectivity index (χ1v) is 11.9. The molecule has 0 saturated heterocycles. The van der Waals surface area contributed by atoms with Gasteiger partial charge in [0.2, 0.25) is 11.0 Å². The predicted octanol–water partition coefficient (Wildman–Crippen LogP) is 4.60. The van der Waals surface area contributed by atoms with Gasteiger partial charge in [-0.1, -0.05) is 36.9 Å². The average Bonchev–Trinajstić information content (AvgIpc) is 3.37. The van der Waals surface area contributed by atoms with E-state index in [4.69, 9.17) is 0 Å². The third kappa shape index (κ3) is 4.44. The Labute approximate surface area is 177 Å². The lowest BCUT2D eigenvalue weighted by molar-refractivity contribution is -0.113. The van der Waals surface area contributed by atoms with Crippen molar-refractivity contribution >= 4 is 45.5 Å². The van der Waals surface area contributed by atoms with E-state index in [-0.39, 0.29) is 17.7 Å². The Morgan fingerprint density at radius 1 is 1.21 bits per heavy atom. The maximum absolute atomic E-state index is 12.3. The van der Waals surface area contributed by atoms with Gasteiger partial charge in [0.15, 0.2) is 11.0 Å². The minimum absolute atomic E-state index is 0.121. The summed E-state index contributed by atoms with van der Waals surface area (Å²) in [5.74, 6) is 0.995. The summed E-state index contributed by atoms with van der Waals surface area (Å²) in [6, 6.07) is 0.191. The number of anilines is 1. The molecule has 0 fully saturated rings. The van der Waals surface area contributed by atoms with E-state index in [9.17, 15) is 4.79 Å². The lowest BCUT2D eigenvalue weighted by Gasteiger charge is -2.14. The number of amides is 1. The van der Waals surface area contributed by atoms with Gasteiger partial charge in [0, 0.05) is 21.9 Å². The molecule has 0 spiro atoms. The number of thiophene rings is 1. The fourth-order valence-corrected chi connectivity index (χ4v) is 5.37.